The van der Waals surface area contributed by atoms with Crippen molar-refractivity contribution in [2.45, 2.75) is 55.9 Å². The van der Waals surface area contributed by atoms with Crippen molar-refractivity contribution < 1.29 is 58.9 Å². The lowest BCUT2D eigenvalue weighted by atomic mass is 9.84. The number of carboxylic acid groups (broad SMARTS) is 2. The predicted molar refractivity (Wildman–Crippen MR) is 198 cm³/mol. The number of nitrogen functional groups attached to an aromatic ring is 1. The first kappa shape index (κ1) is 39.6. The van der Waals surface area contributed by atoms with Crippen molar-refractivity contribution >= 4 is 80.9 Å². The SMILES string of the molecule is C[C@@H]1S[C@@H]2[C@H](NC(=O)/C(=N\OC(C)(C)C(=O)O)c3csc(N)n3)C(=O)N2C(C(=O)O)=C1C[N+]12CCC(CNC(=O)/C(=N\O)c3ccc(O)c(O)c3Cl)(CC1)C2. The molecule has 3 fully saturated rings. The molecule has 0 unspecified atom stereocenters. The van der Waals surface area contributed by atoms with Crippen molar-refractivity contribution in [1.82, 2.24) is 20.5 Å². The van der Waals surface area contributed by atoms with E-state index in [-0.39, 0.29) is 44.3 Å². The number of aromatic hydroxyl groups is 2. The quantitative estimate of drug-likeness (QED) is 0.0351. The summed E-state index contributed by atoms with van der Waals surface area (Å²) >= 11 is 8.41. The van der Waals surface area contributed by atoms with Gasteiger partial charge >= 0.3 is 11.9 Å². The zero-order valence-corrected chi connectivity index (χ0v) is 32.0. The number of thioether (sulfide) groups is 1. The maximum absolute atomic E-state index is 13.6. The molecule has 3 atom stereocenters. The Kier molecular flexibility index (Phi) is 10.4. The number of quaternary nitrogens is 1. The molecular weight excluding hydrogens is 784 g/mol. The summed E-state index contributed by atoms with van der Waals surface area (Å²) in [6.45, 7) is 6.83. The molecule has 0 aliphatic carbocycles. The number of aromatic nitrogens is 1. The van der Waals surface area contributed by atoms with Crippen molar-refractivity contribution in [3.05, 3.63) is 45.1 Å². The number of halogens is 1. The highest BCUT2D eigenvalue weighted by Crippen LogP contribution is 2.49. The van der Waals surface area contributed by atoms with Gasteiger partial charge in [-0.1, -0.05) is 21.9 Å². The van der Waals surface area contributed by atoms with Gasteiger partial charge in [0.1, 0.15) is 29.4 Å². The van der Waals surface area contributed by atoms with Gasteiger partial charge in [0.05, 0.1) is 24.7 Å². The number of aliphatic carboxylic acids is 2. The van der Waals surface area contributed by atoms with E-state index in [1.165, 1.54) is 42.0 Å². The van der Waals surface area contributed by atoms with Crippen molar-refractivity contribution in [2.24, 2.45) is 15.7 Å². The third-order valence-electron chi connectivity index (χ3n) is 10.5. The van der Waals surface area contributed by atoms with Gasteiger partial charge in [-0.05, 0) is 32.9 Å². The highest BCUT2D eigenvalue weighted by Gasteiger charge is 2.59. The molecule has 0 saturated carbocycles. The second-order valence-corrected chi connectivity index (χ2v) is 17.2. The van der Waals surface area contributed by atoms with E-state index in [0.29, 0.717) is 49.1 Å². The molecule has 22 heteroatoms. The van der Waals surface area contributed by atoms with Gasteiger partial charge in [-0.15, -0.1) is 23.1 Å². The molecule has 4 aliphatic heterocycles. The number of oxime groups is 2. The Hall–Kier alpha value is -5.12. The number of carbonyl (C=O) groups excluding carboxylic acids is 3. The molecule has 0 spiro atoms. The lowest BCUT2D eigenvalue weighted by Crippen LogP contribution is -2.71. The number of fused-ring (bicyclic) bond motifs is 3. The minimum Gasteiger partial charge on any atom is -0.504 e. The molecule has 294 valence electrons. The van der Waals surface area contributed by atoms with Gasteiger partial charge in [-0.25, -0.2) is 14.6 Å². The molecule has 5 heterocycles. The number of phenols is 2. The summed E-state index contributed by atoms with van der Waals surface area (Å²) in [6.07, 6.45) is 1.41. The molecule has 4 aliphatic rings. The molecule has 6 rings (SSSR count). The predicted octanol–water partition coefficient (Wildman–Crippen LogP) is 1.11. The van der Waals surface area contributed by atoms with Gasteiger partial charge in [0, 0.05) is 46.6 Å². The lowest BCUT2D eigenvalue weighted by Gasteiger charge is -2.51. The van der Waals surface area contributed by atoms with Crippen LogP contribution in [0.15, 0.2) is 39.1 Å². The third-order valence-corrected chi connectivity index (χ3v) is 13.0. The summed E-state index contributed by atoms with van der Waals surface area (Å²) in [5.74, 6) is -6.11. The van der Waals surface area contributed by atoms with Gasteiger partial charge in [0.15, 0.2) is 28.1 Å². The third kappa shape index (κ3) is 7.23. The molecule has 1 aromatic heterocycles. The van der Waals surface area contributed by atoms with Gasteiger partial charge in [0.2, 0.25) is 5.60 Å². The van der Waals surface area contributed by atoms with Gasteiger partial charge in [-0.3, -0.25) is 19.3 Å². The van der Waals surface area contributed by atoms with Crippen LogP contribution < -0.4 is 16.4 Å². The van der Waals surface area contributed by atoms with Crippen molar-refractivity contribution in [2.75, 3.05) is 38.5 Å². The summed E-state index contributed by atoms with van der Waals surface area (Å²) in [6, 6.07) is 1.21. The number of phenolic OH excluding ortho intramolecular Hbond substituents is 2. The van der Waals surface area contributed by atoms with E-state index in [1.807, 2.05) is 6.92 Å². The number of rotatable bonds is 13. The molecule has 2 bridgehead atoms. The fourth-order valence-electron chi connectivity index (χ4n) is 7.40. The summed E-state index contributed by atoms with van der Waals surface area (Å²) in [7, 11) is 0. The number of nitrogens with one attached hydrogen (secondary N) is 2. The molecule has 3 amide bonds. The summed E-state index contributed by atoms with van der Waals surface area (Å²) < 4.78 is 0.529. The number of piperidine rings is 1. The fourth-order valence-corrected chi connectivity index (χ4v) is 9.64. The van der Waals surface area contributed by atoms with Crippen molar-refractivity contribution in [3.8, 4) is 11.5 Å². The Labute approximate surface area is 326 Å². The van der Waals surface area contributed by atoms with Crippen LogP contribution in [-0.4, -0.2) is 136 Å². The number of amides is 3. The summed E-state index contributed by atoms with van der Waals surface area (Å²) in [5.41, 5.74) is 3.05. The van der Waals surface area contributed by atoms with E-state index in [9.17, 15) is 49.6 Å². The highest BCUT2D eigenvalue weighted by molar-refractivity contribution is 8.00. The van der Waals surface area contributed by atoms with Crippen LogP contribution in [0.5, 0.6) is 11.5 Å². The first-order valence-electron chi connectivity index (χ1n) is 16.9. The molecule has 0 radical (unpaired) electrons. The minimum atomic E-state index is -1.81. The maximum Gasteiger partial charge on any atom is 0.352 e. The standard InChI is InChI=1S/C33H37ClN8O11S2/c1-14-16(10-42-8-6-33(13-42,7-9-42)12-36-25(45)20(39-52)15-4-5-18(43)24(44)19(15)34)23(29(48)49)41-27(47)22(28(41)55-14)38-26(46)21(17-11-54-31(35)37-17)40-53-32(2,3)30(50)51/h4-5,11,14,22,28H,6-10,12-13H2,1-3H3,(H8-,35,36,37,38,39,40,43,44,45,46,48,49,50,51,52)/p+1/t14-,22+,28+,33?,42?/m0/s1. The number of nitrogens with zero attached hydrogens (tertiary/aromatic N) is 5. The van der Waals surface area contributed by atoms with E-state index >= 15 is 0 Å². The normalized spacial score (nSPS) is 26.4. The van der Waals surface area contributed by atoms with Crippen LogP contribution in [0.1, 0.15) is 44.9 Å². The molecule has 2 aromatic rings. The number of hydrogen-bond acceptors (Lipinski definition) is 15. The average molecular weight is 822 g/mol. The van der Waals surface area contributed by atoms with Crippen LogP contribution in [0, 0.1) is 5.41 Å². The molecule has 55 heavy (non-hydrogen) atoms. The monoisotopic (exact) mass is 821 g/mol. The highest BCUT2D eigenvalue weighted by atomic mass is 35.5. The number of carbonyl (C=O) groups is 5. The first-order chi connectivity index (χ1) is 25.8. The Bertz CT molecular complexity index is 2080. The number of β-lactam (4-membered cyclic amide) rings is 1. The maximum atomic E-state index is 13.6. The van der Waals surface area contributed by atoms with E-state index in [0.717, 1.165) is 17.4 Å². The van der Waals surface area contributed by atoms with Crippen LogP contribution in [0.2, 0.25) is 5.02 Å². The minimum absolute atomic E-state index is 0.00678. The molecular formula is C33H38ClN8O11S2+. The van der Waals surface area contributed by atoms with Gasteiger partial charge in [-0.2, -0.15) is 0 Å². The van der Waals surface area contributed by atoms with Crippen molar-refractivity contribution in [1.29, 1.82) is 0 Å². The number of carboxylic acids is 2. The smallest absolute Gasteiger partial charge is 0.352 e. The number of hydrogen-bond donors (Lipinski definition) is 8. The largest absolute Gasteiger partial charge is 0.504 e. The Balaban J connectivity index is 1.15. The summed E-state index contributed by atoms with van der Waals surface area (Å²) in [5, 5.41) is 61.4. The number of nitrogens with two attached hydrogens (primary N) is 1. The Morgan fingerprint density at radius 2 is 1.85 bits per heavy atom. The average Bonchev–Trinajstić information content (AvgIpc) is 3.84. The van der Waals surface area contributed by atoms with Crippen LogP contribution in [0.25, 0.3) is 0 Å². The van der Waals surface area contributed by atoms with Gasteiger partial charge in [0.25, 0.3) is 17.7 Å². The van der Waals surface area contributed by atoms with E-state index in [2.05, 4.69) is 25.9 Å². The van der Waals surface area contributed by atoms with Crippen LogP contribution in [0.4, 0.5) is 5.13 Å². The second kappa shape index (κ2) is 14.5. The Morgan fingerprint density at radius 1 is 1.16 bits per heavy atom. The van der Waals surface area contributed by atoms with E-state index in [4.69, 9.17) is 22.2 Å². The van der Waals surface area contributed by atoms with Crippen LogP contribution in [-0.2, 0) is 28.8 Å². The second-order valence-electron chi connectivity index (χ2n) is 14.5. The topological polar surface area (TPSA) is 287 Å². The molecule has 19 nitrogen and oxygen atoms in total. The number of thiazole rings is 1. The number of anilines is 1. The lowest BCUT2D eigenvalue weighted by molar-refractivity contribution is -0.905. The van der Waals surface area contributed by atoms with Crippen LogP contribution in [0.3, 0.4) is 0 Å². The molecule has 1 aromatic carbocycles. The van der Waals surface area contributed by atoms with Crippen molar-refractivity contribution in [3.63, 3.8) is 0 Å². The van der Waals surface area contributed by atoms with E-state index < -0.39 is 69.6 Å². The number of benzene rings is 1. The van der Waals surface area contributed by atoms with E-state index in [1.54, 1.807) is 0 Å². The summed E-state index contributed by atoms with van der Waals surface area (Å²) in [4.78, 5) is 75.0. The molecule has 3 saturated heterocycles. The first-order valence-corrected chi connectivity index (χ1v) is 19.1. The fraction of sp³-hybridized carbons (Fsp3) is 0.455. The van der Waals surface area contributed by atoms with Gasteiger partial charge < -0.3 is 51.3 Å². The molecule has 9 N–H and O–H groups in total. The Morgan fingerprint density at radius 3 is 2.45 bits per heavy atom. The zero-order chi connectivity index (χ0) is 40.2. The zero-order valence-electron chi connectivity index (χ0n) is 29.6. The van der Waals surface area contributed by atoms with Crippen LogP contribution >= 0.6 is 34.7 Å².